The number of phenols is 1. The molecule has 15 heteroatoms. The van der Waals surface area contributed by atoms with Crippen molar-refractivity contribution >= 4 is 11.9 Å². The fourth-order valence-corrected chi connectivity index (χ4v) is 7.45. The van der Waals surface area contributed by atoms with E-state index in [1.165, 1.54) is 21.0 Å². The SMILES string of the molecule is COc1c(C)cc2c(c1O)[C@H]1N[C@@H](C2)CN2C1Cc1c(OC(C)=O)c(C)c3c(c1[C@@H]2CNC(O)[C@H](C)NC(=O)C(F)(F)F)OCO3. The minimum atomic E-state index is -5.10. The number of hydrogen-bond donors (Lipinski definition) is 5. The first-order valence-corrected chi connectivity index (χ1v) is 15.0. The molecule has 4 aliphatic rings. The van der Waals surface area contributed by atoms with Crippen molar-refractivity contribution in [3.05, 3.63) is 39.4 Å². The van der Waals surface area contributed by atoms with Crippen LogP contribution < -0.4 is 34.9 Å². The van der Waals surface area contributed by atoms with Gasteiger partial charge in [-0.3, -0.25) is 19.8 Å². The normalized spacial score (nSPS) is 24.3. The van der Waals surface area contributed by atoms with Crippen LogP contribution in [0.1, 0.15) is 59.3 Å². The molecule has 0 saturated carbocycles. The molecule has 12 nitrogen and oxygen atoms in total. The molecule has 6 atom stereocenters. The summed E-state index contributed by atoms with van der Waals surface area (Å²) in [7, 11) is 1.50. The highest BCUT2D eigenvalue weighted by atomic mass is 19.4. The Morgan fingerprint density at radius 1 is 1.17 bits per heavy atom. The summed E-state index contributed by atoms with van der Waals surface area (Å²) in [5.41, 5.74) is 4.45. The van der Waals surface area contributed by atoms with Crippen LogP contribution in [0.2, 0.25) is 0 Å². The minimum absolute atomic E-state index is 0.0186. The Labute approximate surface area is 263 Å². The Morgan fingerprint density at radius 2 is 1.89 bits per heavy atom. The third kappa shape index (κ3) is 5.38. The van der Waals surface area contributed by atoms with Crippen molar-refractivity contribution < 1.29 is 51.9 Å². The molecule has 2 bridgehead atoms. The van der Waals surface area contributed by atoms with E-state index in [-0.39, 0.29) is 37.2 Å². The first-order valence-electron chi connectivity index (χ1n) is 15.0. The molecule has 0 radical (unpaired) electrons. The Morgan fingerprint density at radius 3 is 2.57 bits per heavy atom. The summed E-state index contributed by atoms with van der Waals surface area (Å²) in [6, 6.07) is -0.514. The van der Waals surface area contributed by atoms with Gasteiger partial charge in [0.25, 0.3) is 0 Å². The molecule has 6 rings (SSSR count). The van der Waals surface area contributed by atoms with Gasteiger partial charge in [0.15, 0.2) is 23.0 Å². The number of aromatic hydroxyl groups is 1. The minimum Gasteiger partial charge on any atom is -0.504 e. The van der Waals surface area contributed by atoms with Gasteiger partial charge < -0.3 is 39.8 Å². The lowest BCUT2D eigenvalue weighted by Gasteiger charge is -2.54. The van der Waals surface area contributed by atoms with E-state index >= 15 is 0 Å². The highest BCUT2D eigenvalue weighted by Gasteiger charge is 2.50. The highest BCUT2D eigenvalue weighted by Crippen LogP contribution is 2.55. The molecule has 0 spiro atoms. The third-order valence-corrected chi connectivity index (χ3v) is 9.34. The van der Waals surface area contributed by atoms with Crippen LogP contribution in [0.25, 0.3) is 0 Å². The molecule has 0 aliphatic carbocycles. The number of benzene rings is 2. The quantitative estimate of drug-likeness (QED) is 0.171. The van der Waals surface area contributed by atoms with Crippen LogP contribution in [0.4, 0.5) is 13.2 Å². The maximum absolute atomic E-state index is 12.9. The predicted molar refractivity (Wildman–Crippen MR) is 156 cm³/mol. The number of carbonyl (C=O) groups excluding carboxylic acids is 2. The number of carbonyl (C=O) groups is 2. The molecule has 1 fully saturated rings. The molecular weight excluding hydrogens is 613 g/mol. The average Bonchev–Trinajstić information content (AvgIpc) is 3.47. The van der Waals surface area contributed by atoms with Crippen molar-refractivity contribution in [2.24, 2.45) is 0 Å². The summed E-state index contributed by atoms with van der Waals surface area (Å²) in [5, 5.41) is 30.6. The van der Waals surface area contributed by atoms with E-state index in [1.807, 2.05) is 13.0 Å². The fraction of sp³-hybridized carbons (Fsp3) is 0.548. The number of piperazine rings is 1. The van der Waals surface area contributed by atoms with Crippen molar-refractivity contribution in [1.29, 1.82) is 0 Å². The Balaban J connectivity index is 1.44. The topological polar surface area (TPSA) is 151 Å². The zero-order valence-electron chi connectivity index (χ0n) is 26.0. The smallest absolute Gasteiger partial charge is 0.471 e. The van der Waals surface area contributed by atoms with E-state index in [1.54, 1.807) is 12.2 Å². The van der Waals surface area contributed by atoms with Crippen LogP contribution in [0.5, 0.6) is 28.7 Å². The molecule has 2 aromatic carbocycles. The molecule has 1 saturated heterocycles. The first-order chi connectivity index (χ1) is 21.7. The third-order valence-electron chi connectivity index (χ3n) is 9.34. The van der Waals surface area contributed by atoms with Crippen LogP contribution in [-0.4, -0.2) is 84.5 Å². The standard InChI is InChI=1S/C31H37F3N4O8/c1-12-6-16-7-17-10-38-19(23(37-17)21(16)24(40)25(12)43-5)8-18-22(28-27(44-11-45-28)13(2)26(18)46-15(4)39)20(38)9-35-29(41)14(3)36-30(42)31(32,33)34/h6,14,17,19-20,23,29,35,37,40-41H,7-11H2,1-5H3,(H,36,42)/t14-,17-,19?,20-,23-,29?/m0/s1. The van der Waals surface area contributed by atoms with E-state index < -0.39 is 36.4 Å². The number of aliphatic hydroxyl groups excluding tert-OH is 1. The first kappa shape index (κ1) is 32.2. The number of aliphatic hydroxyl groups is 1. The highest BCUT2D eigenvalue weighted by molar-refractivity contribution is 5.82. The Bertz CT molecular complexity index is 1580. The molecule has 0 aromatic heterocycles. The lowest BCUT2D eigenvalue weighted by Crippen LogP contribution is -2.64. The lowest BCUT2D eigenvalue weighted by molar-refractivity contribution is -0.175. The monoisotopic (exact) mass is 650 g/mol. The van der Waals surface area contributed by atoms with Gasteiger partial charge in [0.2, 0.25) is 6.79 Å². The number of halogens is 3. The van der Waals surface area contributed by atoms with Crippen molar-refractivity contribution in [3.8, 4) is 28.7 Å². The number of hydrogen-bond acceptors (Lipinski definition) is 11. The van der Waals surface area contributed by atoms with Gasteiger partial charge in [-0.15, -0.1) is 0 Å². The molecule has 46 heavy (non-hydrogen) atoms. The molecule has 1 amide bonds. The van der Waals surface area contributed by atoms with Crippen LogP contribution >= 0.6 is 0 Å². The summed E-state index contributed by atoms with van der Waals surface area (Å²) in [6.45, 7) is 6.71. The predicted octanol–water partition coefficient (Wildman–Crippen LogP) is 2.18. The van der Waals surface area contributed by atoms with Crippen molar-refractivity contribution in [3.63, 3.8) is 0 Å². The number of nitrogens with zero attached hydrogens (tertiary/aromatic N) is 1. The number of nitrogens with one attached hydrogen (secondary N) is 3. The summed E-state index contributed by atoms with van der Waals surface area (Å²) >= 11 is 0. The molecule has 5 N–H and O–H groups in total. The van der Waals surface area contributed by atoms with Crippen LogP contribution in [0, 0.1) is 13.8 Å². The number of aryl methyl sites for hydroxylation is 1. The van der Waals surface area contributed by atoms with Crippen LogP contribution in [0.3, 0.4) is 0 Å². The maximum Gasteiger partial charge on any atom is 0.471 e. The van der Waals surface area contributed by atoms with Crippen molar-refractivity contribution in [2.75, 3.05) is 27.0 Å². The van der Waals surface area contributed by atoms with E-state index in [2.05, 4.69) is 15.5 Å². The van der Waals surface area contributed by atoms with Crippen LogP contribution in [-0.2, 0) is 22.4 Å². The summed E-state index contributed by atoms with van der Waals surface area (Å²) in [5.74, 6) is -1.06. The number of alkyl halides is 3. The summed E-state index contributed by atoms with van der Waals surface area (Å²) < 4.78 is 61.8. The number of esters is 1. The summed E-state index contributed by atoms with van der Waals surface area (Å²) in [6.07, 6.45) is -5.65. The Hall–Kier alpha value is -3.79. The number of rotatable bonds is 7. The van der Waals surface area contributed by atoms with Gasteiger partial charge in [-0.2, -0.15) is 13.2 Å². The van der Waals surface area contributed by atoms with E-state index in [4.69, 9.17) is 18.9 Å². The zero-order chi connectivity index (χ0) is 33.2. The molecule has 4 heterocycles. The van der Waals surface area contributed by atoms with Gasteiger partial charge >= 0.3 is 18.1 Å². The second-order valence-corrected chi connectivity index (χ2v) is 12.3. The zero-order valence-corrected chi connectivity index (χ0v) is 26.0. The van der Waals surface area contributed by atoms with Gasteiger partial charge in [0.1, 0.15) is 12.0 Å². The van der Waals surface area contributed by atoms with E-state index in [0.29, 0.717) is 64.6 Å². The number of ether oxygens (including phenoxy) is 4. The number of fused-ring (bicyclic) bond motifs is 9. The van der Waals surface area contributed by atoms with Gasteiger partial charge in [-0.25, -0.2) is 0 Å². The average molecular weight is 651 g/mol. The molecule has 2 unspecified atom stereocenters. The molecule has 250 valence electrons. The largest absolute Gasteiger partial charge is 0.504 e. The van der Waals surface area contributed by atoms with Crippen molar-refractivity contribution in [2.45, 2.75) is 83.1 Å². The maximum atomic E-state index is 12.9. The fourth-order valence-electron chi connectivity index (χ4n) is 7.45. The van der Waals surface area contributed by atoms with Gasteiger partial charge in [-0.1, -0.05) is 6.07 Å². The molecular formula is C31H37F3N4O8. The Kier molecular flexibility index (Phi) is 8.24. The van der Waals surface area contributed by atoms with E-state index in [0.717, 1.165) is 11.1 Å². The molecule has 4 aliphatic heterocycles. The van der Waals surface area contributed by atoms with E-state index in [9.17, 15) is 33.0 Å². The summed E-state index contributed by atoms with van der Waals surface area (Å²) in [4.78, 5) is 26.1. The van der Waals surface area contributed by atoms with Gasteiger partial charge in [-0.05, 0) is 44.7 Å². The lowest BCUT2D eigenvalue weighted by atomic mass is 9.75. The number of amides is 1. The number of phenolic OH excluding ortho intramolecular Hbond substituents is 1. The second kappa shape index (κ2) is 11.8. The second-order valence-electron chi connectivity index (χ2n) is 12.3. The molecule has 2 aromatic rings. The van der Waals surface area contributed by atoms with Gasteiger partial charge in [0, 0.05) is 54.4 Å². The van der Waals surface area contributed by atoms with Crippen molar-refractivity contribution in [1.82, 2.24) is 20.9 Å². The number of methoxy groups -OCH3 is 1. The van der Waals surface area contributed by atoms with Crippen LogP contribution in [0.15, 0.2) is 6.07 Å². The van der Waals surface area contributed by atoms with Gasteiger partial charge in [0.05, 0.1) is 25.2 Å².